The first-order valence-electron chi connectivity index (χ1n) is 9.09. The molecule has 0 bridgehead atoms. The summed E-state index contributed by atoms with van der Waals surface area (Å²) in [7, 11) is -2.96. The SMILES string of the molecule is C[C@H](NC(=O)COC(=O)CS[C@H]1CCS(=O)(=O)C1)c1cccc2ccccc12. The summed E-state index contributed by atoms with van der Waals surface area (Å²) in [6, 6.07) is 13.6. The third-order valence-corrected chi connectivity index (χ3v) is 7.91. The average Bonchev–Trinajstić information content (AvgIpc) is 3.03. The fourth-order valence-corrected chi connectivity index (χ4v) is 6.69. The van der Waals surface area contributed by atoms with Gasteiger partial charge >= 0.3 is 5.97 Å². The van der Waals surface area contributed by atoms with Crippen molar-refractivity contribution in [1.82, 2.24) is 5.32 Å². The van der Waals surface area contributed by atoms with Crippen molar-refractivity contribution in [1.29, 1.82) is 0 Å². The first-order chi connectivity index (χ1) is 13.3. The van der Waals surface area contributed by atoms with Crippen LogP contribution in [0.4, 0.5) is 0 Å². The van der Waals surface area contributed by atoms with E-state index in [-0.39, 0.29) is 41.1 Å². The summed E-state index contributed by atoms with van der Waals surface area (Å²) in [5, 5.41) is 4.94. The van der Waals surface area contributed by atoms with Crippen LogP contribution < -0.4 is 5.32 Å². The van der Waals surface area contributed by atoms with Crippen LogP contribution in [0.2, 0.25) is 0 Å². The highest BCUT2D eigenvalue weighted by Gasteiger charge is 2.28. The number of benzene rings is 2. The van der Waals surface area contributed by atoms with E-state index < -0.39 is 15.8 Å². The van der Waals surface area contributed by atoms with Gasteiger partial charge in [0.2, 0.25) is 0 Å². The molecule has 0 aliphatic carbocycles. The van der Waals surface area contributed by atoms with Gasteiger partial charge in [0, 0.05) is 5.25 Å². The number of fused-ring (bicyclic) bond motifs is 1. The van der Waals surface area contributed by atoms with E-state index in [0.717, 1.165) is 16.3 Å². The predicted octanol–water partition coefficient (Wildman–Crippen LogP) is 2.48. The molecule has 1 heterocycles. The quantitative estimate of drug-likeness (QED) is 0.691. The van der Waals surface area contributed by atoms with E-state index in [1.807, 2.05) is 49.4 Å². The number of hydrogen-bond donors (Lipinski definition) is 1. The molecule has 1 fully saturated rings. The lowest BCUT2D eigenvalue weighted by Gasteiger charge is -2.16. The van der Waals surface area contributed by atoms with Gasteiger partial charge in [-0.1, -0.05) is 42.5 Å². The summed E-state index contributed by atoms with van der Waals surface area (Å²) < 4.78 is 27.9. The monoisotopic (exact) mass is 421 g/mol. The topological polar surface area (TPSA) is 89.5 Å². The Morgan fingerprint density at radius 3 is 2.71 bits per heavy atom. The molecule has 0 spiro atoms. The standard InChI is InChI=1S/C20H23NO5S2/c1-14(17-8-4-6-15-5-2-3-7-18(15)17)21-19(22)11-26-20(23)12-27-16-9-10-28(24,25)13-16/h2-8,14,16H,9-13H2,1H3,(H,21,22)/t14-,16-/m0/s1. The lowest BCUT2D eigenvalue weighted by molar-refractivity contribution is -0.146. The third kappa shape index (κ3) is 5.48. The van der Waals surface area contributed by atoms with Gasteiger partial charge in [0.1, 0.15) is 0 Å². The molecule has 2 aromatic rings. The molecule has 6 nitrogen and oxygen atoms in total. The Balaban J connectivity index is 1.45. The fraction of sp³-hybridized carbons (Fsp3) is 0.400. The van der Waals surface area contributed by atoms with Crippen molar-refractivity contribution in [2.75, 3.05) is 23.9 Å². The molecule has 3 rings (SSSR count). The van der Waals surface area contributed by atoms with E-state index in [4.69, 9.17) is 4.74 Å². The number of nitrogens with one attached hydrogen (secondary N) is 1. The van der Waals surface area contributed by atoms with Gasteiger partial charge in [0.05, 0.1) is 23.3 Å². The molecule has 0 saturated carbocycles. The molecule has 1 saturated heterocycles. The zero-order chi connectivity index (χ0) is 20.1. The smallest absolute Gasteiger partial charge is 0.316 e. The highest BCUT2D eigenvalue weighted by molar-refractivity contribution is 8.02. The van der Waals surface area contributed by atoms with Crippen LogP contribution in [0.15, 0.2) is 42.5 Å². The molecule has 1 amide bonds. The molecule has 8 heteroatoms. The Hall–Kier alpha value is -2.06. The maximum atomic E-state index is 12.1. The molecule has 2 atom stereocenters. The summed E-state index contributed by atoms with van der Waals surface area (Å²) in [5.41, 5.74) is 0.996. The van der Waals surface area contributed by atoms with Gasteiger partial charge in [0.15, 0.2) is 16.4 Å². The van der Waals surface area contributed by atoms with Crippen LogP contribution in [0.5, 0.6) is 0 Å². The molecule has 150 valence electrons. The second-order valence-corrected chi connectivity index (χ2v) is 10.4. The van der Waals surface area contributed by atoms with Crippen LogP contribution in [-0.4, -0.2) is 49.4 Å². The van der Waals surface area contributed by atoms with E-state index in [9.17, 15) is 18.0 Å². The van der Waals surface area contributed by atoms with Gasteiger partial charge in [-0.2, -0.15) is 0 Å². The summed E-state index contributed by atoms with van der Waals surface area (Å²) in [5.74, 6) is -0.557. The lowest BCUT2D eigenvalue weighted by atomic mass is 10.00. The van der Waals surface area contributed by atoms with Gasteiger partial charge in [-0.25, -0.2) is 8.42 Å². The van der Waals surface area contributed by atoms with E-state index in [0.29, 0.717) is 6.42 Å². The number of ether oxygens (including phenoxy) is 1. The second kappa shape index (κ2) is 8.96. The summed E-state index contributed by atoms with van der Waals surface area (Å²) in [4.78, 5) is 24.0. The number of hydrogen-bond acceptors (Lipinski definition) is 6. The Morgan fingerprint density at radius 1 is 1.21 bits per heavy atom. The number of carbonyl (C=O) groups excluding carboxylic acids is 2. The molecule has 28 heavy (non-hydrogen) atoms. The summed E-state index contributed by atoms with van der Waals surface area (Å²) >= 11 is 1.27. The maximum Gasteiger partial charge on any atom is 0.316 e. The molecule has 1 aliphatic rings. The number of esters is 1. The Labute approximate surface area is 168 Å². The zero-order valence-electron chi connectivity index (χ0n) is 15.6. The first kappa shape index (κ1) is 20.7. The van der Waals surface area contributed by atoms with Crippen molar-refractivity contribution >= 4 is 44.2 Å². The average molecular weight is 422 g/mol. The Bertz CT molecular complexity index is 968. The third-order valence-electron chi connectivity index (χ3n) is 4.66. The number of thioether (sulfide) groups is 1. The largest absolute Gasteiger partial charge is 0.455 e. The van der Waals surface area contributed by atoms with Crippen molar-refractivity contribution in [3.05, 3.63) is 48.0 Å². The van der Waals surface area contributed by atoms with Crippen LogP contribution in [0.25, 0.3) is 10.8 Å². The van der Waals surface area contributed by atoms with Crippen LogP contribution in [0.1, 0.15) is 24.9 Å². The minimum atomic E-state index is -2.96. The summed E-state index contributed by atoms with van der Waals surface area (Å²) in [6.07, 6.45) is 0.559. The number of sulfone groups is 1. The zero-order valence-corrected chi connectivity index (χ0v) is 17.2. The van der Waals surface area contributed by atoms with Crippen molar-refractivity contribution in [3.63, 3.8) is 0 Å². The van der Waals surface area contributed by atoms with Crippen LogP contribution in [0.3, 0.4) is 0 Å². The summed E-state index contributed by atoms with van der Waals surface area (Å²) in [6.45, 7) is 1.54. The van der Waals surface area contributed by atoms with Crippen molar-refractivity contribution in [2.24, 2.45) is 0 Å². The van der Waals surface area contributed by atoms with E-state index in [1.54, 1.807) is 0 Å². The Morgan fingerprint density at radius 2 is 1.96 bits per heavy atom. The highest BCUT2D eigenvalue weighted by atomic mass is 32.2. The van der Waals surface area contributed by atoms with Gasteiger partial charge < -0.3 is 10.1 Å². The highest BCUT2D eigenvalue weighted by Crippen LogP contribution is 2.25. The minimum absolute atomic E-state index is 0.0480. The van der Waals surface area contributed by atoms with Crippen LogP contribution in [-0.2, 0) is 24.2 Å². The molecule has 0 radical (unpaired) electrons. The molecule has 2 aromatic carbocycles. The van der Waals surface area contributed by atoms with Gasteiger partial charge in [-0.05, 0) is 29.7 Å². The number of amides is 1. The molecule has 0 unspecified atom stereocenters. The minimum Gasteiger partial charge on any atom is -0.455 e. The van der Waals surface area contributed by atoms with Crippen molar-refractivity contribution < 1.29 is 22.7 Å². The molecule has 1 aliphatic heterocycles. The van der Waals surface area contributed by atoms with Crippen molar-refractivity contribution in [2.45, 2.75) is 24.6 Å². The molecular formula is C20H23NO5S2. The number of carbonyl (C=O) groups is 2. The van der Waals surface area contributed by atoms with Crippen molar-refractivity contribution in [3.8, 4) is 0 Å². The van der Waals surface area contributed by atoms with E-state index in [2.05, 4.69) is 5.32 Å². The first-order valence-corrected chi connectivity index (χ1v) is 12.0. The van der Waals surface area contributed by atoms with Crippen LogP contribution in [0, 0.1) is 0 Å². The molecule has 0 aromatic heterocycles. The second-order valence-electron chi connectivity index (χ2n) is 6.85. The van der Waals surface area contributed by atoms with Gasteiger partial charge in [-0.15, -0.1) is 11.8 Å². The van der Waals surface area contributed by atoms with Crippen LogP contribution >= 0.6 is 11.8 Å². The fourth-order valence-electron chi connectivity index (χ4n) is 3.25. The van der Waals surface area contributed by atoms with Gasteiger partial charge in [0.25, 0.3) is 5.91 Å². The lowest BCUT2D eigenvalue weighted by Crippen LogP contribution is -2.31. The van der Waals surface area contributed by atoms with E-state index >= 15 is 0 Å². The molecule has 1 N–H and O–H groups in total. The predicted molar refractivity (Wildman–Crippen MR) is 111 cm³/mol. The normalized spacial score (nSPS) is 19.2. The van der Waals surface area contributed by atoms with Gasteiger partial charge in [-0.3, -0.25) is 9.59 Å². The van der Waals surface area contributed by atoms with E-state index in [1.165, 1.54) is 11.8 Å². The number of rotatable bonds is 7. The Kier molecular flexibility index (Phi) is 6.61. The maximum absolute atomic E-state index is 12.1. The molecular weight excluding hydrogens is 398 g/mol.